The summed E-state index contributed by atoms with van der Waals surface area (Å²) in [6.07, 6.45) is 0. The quantitative estimate of drug-likeness (QED) is 0.411. The second-order valence-electron chi connectivity index (χ2n) is 3.32. The van der Waals surface area contributed by atoms with E-state index in [1.807, 2.05) is 0 Å². The van der Waals surface area contributed by atoms with Gasteiger partial charge in [0.05, 0.1) is 0 Å². The Bertz CT molecular complexity index is 818. The van der Waals surface area contributed by atoms with Gasteiger partial charge in [-0.1, -0.05) is 0 Å². The molecule has 14 heteroatoms. The molecular formula is C6H6O11S3. The molecule has 114 valence electrons. The fourth-order valence-electron chi connectivity index (χ4n) is 1.23. The van der Waals surface area contributed by atoms with Crippen molar-refractivity contribution < 1.29 is 49.1 Å². The van der Waals surface area contributed by atoms with Crippen molar-refractivity contribution in [3.05, 3.63) is 6.07 Å². The highest BCUT2D eigenvalue weighted by Gasteiger charge is 2.34. The first-order chi connectivity index (χ1) is 8.67. The predicted molar refractivity (Wildman–Crippen MR) is 59.2 cm³/mol. The van der Waals surface area contributed by atoms with Crippen LogP contribution in [-0.2, 0) is 30.4 Å². The second-order valence-corrected chi connectivity index (χ2v) is 7.46. The number of phenolic OH excluding ortho intramolecular Hbond substituents is 2. The van der Waals surface area contributed by atoms with Crippen LogP contribution in [0.2, 0.25) is 0 Å². The molecule has 0 aromatic heterocycles. The van der Waals surface area contributed by atoms with E-state index in [1.54, 1.807) is 0 Å². The van der Waals surface area contributed by atoms with Crippen molar-refractivity contribution in [1.29, 1.82) is 0 Å². The molecule has 0 aliphatic heterocycles. The van der Waals surface area contributed by atoms with Crippen LogP contribution in [0.3, 0.4) is 0 Å². The van der Waals surface area contributed by atoms with E-state index < -0.39 is 56.5 Å². The number of hydrogen-bond donors (Lipinski definition) is 5. The monoisotopic (exact) mass is 350 g/mol. The molecule has 0 bridgehead atoms. The summed E-state index contributed by atoms with van der Waals surface area (Å²) in [5.41, 5.74) is 0. The molecule has 0 heterocycles. The Hall–Kier alpha value is -1.45. The van der Waals surface area contributed by atoms with E-state index in [4.69, 9.17) is 13.7 Å². The summed E-state index contributed by atoms with van der Waals surface area (Å²) in [5, 5.41) is 18.6. The van der Waals surface area contributed by atoms with Gasteiger partial charge in [0, 0.05) is 0 Å². The zero-order valence-electron chi connectivity index (χ0n) is 8.99. The summed E-state index contributed by atoms with van der Waals surface area (Å²) < 4.78 is 91.5. The Labute approximate surface area is 112 Å². The molecule has 1 rings (SSSR count). The van der Waals surface area contributed by atoms with Gasteiger partial charge in [0.1, 0.15) is 9.79 Å². The van der Waals surface area contributed by atoms with Crippen molar-refractivity contribution in [3.63, 3.8) is 0 Å². The highest BCUT2D eigenvalue weighted by atomic mass is 32.2. The fourth-order valence-corrected chi connectivity index (χ4v) is 3.37. The maximum absolute atomic E-state index is 10.9. The van der Waals surface area contributed by atoms with Gasteiger partial charge < -0.3 is 10.2 Å². The van der Waals surface area contributed by atoms with Gasteiger partial charge in [-0.2, -0.15) is 25.3 Å². The standard InChI is InChI=1S/C6H6O11S3/c7-4-2(18(9,10)11)1-3(19(12,13)14)5(8)6(4)20(15,16)17/h1,7-8H,(H,9,10,11)(H,12,13,14)(H,15,16,17). The van der Waals surface area contributed by atoms with Gasteiger partial charge >= 0.3 is 10.1 Å². The van der Waals surface area contributed by atoms with Crippen molar-refractivity contribution in [2.24, 2.45) is 0 Å². The predicted octanol–water partition coefficient (Wildman–Crippen LogP) is -1.16. The molecule has 1 aromatic rings. The molecule has 20 heavy (non-hydrogen) atoms. The third-order valence-corrected chi connectivity index (χ3v) is 4.61. The van der Waals surface area contributed by atoms with Crippen LogP contribution in [-0.4, -0.2) is 49.1 Å². The maximum Gasteiger partial charge on any atom is 0.302 e. The average Bonchev–Trinajstić information content (AvgIpc) is 2.10. The van der Waals surface area contributed by atoms with Crippen molar-refractivity contribution in [2.75, 3.05) is 0 Å². The van der Waals surface area contributed by atoms with Gasteiger partial charge in [-0.15, -0.1) is 0 Å². The molecule has 0 saturated heterocycles. The zero-order valence-corrected chi connectivity index (χ0v) is 11.4. The summed E-state index contributed by atoms with van der Waals surface area (Å²) in [6.45, 7) is 0. The molecule has 0 radical (unpaired) electrons. The van der Waals surface area contributed by atoms with E-state index in [0.29, 0.717) is 0 Å². The largest absolute Gasteiger partial charge is 0.505 e. The zero-order chi connectivity index (χ0) is 16.1. The number of benzene rings is 1. The van der Waals surface area contributed by atoms with Crippen molar-refractivity contribution in [2.45, 2.75) is 14.7 Å². The van der Waals surface area contributed by atoms with E-state index in [-0.39, 0.29) is 6.07 Å². The third kappa shape index (κ3) is 3.00. The first kappa shape index (κ1) is 16.6. The third-order valence-electron chi connectivity index (χ3n) is 1.97. The van der Waals surface area contributed by atoms with Crippen LogP contribution < -0.4 is 0 Å². The SMILES string of the molecule is O=S(=O)(O)c1cc(S(=O)(=O)O)c(O)c(S(=O)(=O)O)c1O. The normalized spacial score (nSPS) is 13.3. The Morgan fingerprint density at radius 3 is 1.15 bits per heavy atom. The van der Waals surface area contributed by atoms with Crippen LogP contribution in [0.1, 0.15) is 0 Å². The van der Waals surface area contributed by atoms with Crippen molar-refractivity contribution in [1.82, 2.24) is 0 Å². The second kappa shape index (κ2) is 4.54. The number of aromatic hydroxyl groups is 2. The lowest BCUT2D eigenvalue weighted by molar-refractivity contribution is 0.386. The fraction of sp³-hybridized carbons (Fsp3) is 0. The first-order valence-electron chi connectivity index (χ1n) is 4.18. The smallest absolute Gasteiger partial charge is 0.302 e. The van der Waals surface area contributed by atoms with Gasteiger partial charge in [0.2, 0.25) is 0 Å². The number of rotatable bonds is 3. The van der Waals surface area contributed by atoms with E-state index in [2.05, 4.69) is 0 Å². The summed E-state index contributed by atoms with van der Waals surface area (Å²) in [7, 11) is -16.1. The molecule has 0 unspecified atom stereocenters. The highest BCUT2D eigenvalue weighted by molar-refractivity contribution is 7.87. The Kier molecular flexibility index (Phi) is 3.77. The topological polar surface area (TPSA) is 204 Å². The molecule has 5 N–H and O–H groups in total. The van der Waals surface area contributed by atoms with Crippen LogP contribution in [0.25, 0.3) is 0 Å². The minimum absolute atomic E-state index is 0.0932. The lowest BCUT2D eigenvalue weighted by Crippen LogP contribution is -2.09. The van der Waals surface area contributed by atoms with Crippen LogP contribution in [0, 0.1) is 0 Å². The van der Waals surface area contributed by atoms with Gasteiger partial charge in [-0.3, -0.25) is 13.7 Å². The van der Waals surface area contributed by atoms with Crippen LogP contribution in [0.15, 0.2) is 20.8 Å². The summed E-state index contributed by atoms with van der Waals surface area (Å²) in [6, 6.07) is -0.0932. The molecule has 0 saturated carbocycles. The van der Waals surface area contributed by atoms with E-state index >= 15 is 0 Å². The number of hydrogen-bond acceptors (Lipinski definition) is 8. The summed E-state index contributed by atoms with van der Waals surface area (Å²) in [5.74, 6) is -3.64. The minimum Gasteiger partial charge on any atom is -0.505 e. The Balaban J connectivity index is 4.18. The lowest BCUT2D eigenvalue weighted by atomic mass is 10.3. The average molecular weight is 350 g/mol. The van der Waals surface area contributed by atoms with Crippen molar-refractivity contribution >= 4 is 30.4 Å². The van der Waals surface area contributed by atoms with E-state index in [1.165, 1.54) is 0 Å². The lowest BCUT2D eigenvalue weighted by Gasteiger charge is -2.10. The first-order valence-corrected chi connectivity index (χ1v) is 8.50. The molecule has 0 aliphatic carbocycles. The van der Waals surface area contributed by atoms with Crippen LogP contribution >= 0.6 is 0 Å². The molecule has 11 nitrogen and oxygen atoms in total. The van der Waals surface area contributed by atoms with Gasteiger partial charge in [-0.25, -0.2) is 0 Å². The molecule has 0 atom stereocenters. The molecule has 0 fully saturated rings. The molecule has 0 aliphatic rings. The Morgan fingerprint density at radius 1 is 0.650 bits per heavy atom. The molecule has 1 aromatic carbocycles. The highest BCUT2D eigenvalue weighted by Crippen LogP contribution is 2.41. The van der Waals surface area contributed by atoms with E-state index in [0.717, 1.165) is 0 Å². The summed E-state index contributed by atoms with van der Waals surface area (Å²) >= 11 is 0. The summed E-state index contributed by atoms with van der Waals surface area (Å²) in [4.78, 5) is -5.22. The van der Waals surface area contributed by atoms with Crippen LogP contribution in [0.5, 0.6) is 11.5 Å². The Morgan fingerprint density at radius 2 is 0.950 bits per heavy atom. The van der Waals surface area contributed by atoms with Crippen molar-refractivity contribution in [3.8, 4) is 11.5 Å². The van der Waals surface area contributed by atoms with Gasteiger partial charge in [0.15, 0.2) is 16.4 Å². The molecule has 0 spiro atoms. The minimum atomic E-state index is -5.48. The maximum atomic E-state index is 10.9. The van der Waals surface area contributed by atoms with Gasteiger partial charge in [0.25, 0.3) is 20.2 Å². The molecular weight excluding hydrogens is 344 g/mol. The molecule has 0 amide bonds. The van der Waals surface area contributed by atoms with Gasteiger partial charge in [-0.05, 0) is 6.07 Å². The van der Waals surface area contributed by atoms with E-state index in [9.17, 15) is 35.5 Å². The number of phenols is 2. The van der Waals surface area contributed by atoms with Crippen LogP contribution in [0.4, 0.5) is 0 Å².